The van der Waals surface area contributed by atoms with Gasteiger partial charge in [-0.1, -0.05) is 0 Å². The number of nitrogens with zero attached hydrogens (tertiary/aromatic N) is 7. The Balaban J connectivity index is 0.00000280. The molecule has 1 amide bonds. The molecule has 0 aliphatic carbocycles. The Hall–Kier alpha value is -1.43. The Bertz CT molecular complexity index is 683. The maximum absolute atomic E-state index is 12.8. The van der Waals surface area contributed by atoms with E-state index in [0.717, 1.165) is 69.7 Å². The molecule has 28 heavy (non-hydrogen) atoms. The second-order valence-electron chi connectivity index (χ2n) is 7.34. The van der Waals surface area contributed by atoms with E-state index in [0.29, 0.717) is 6.54 Å². The van der Waals surface area contributed by atoms with Gasteiger partial charge in [-0.2, -0.15) is 0 Å². The summed E-state index contributed by atoms with van der Waals surface area (Å²) in [6.07, 6.45) is 2.10. The number of halogens is 1. The number of carbonyl (C=O) groups excluding carboxylic acids is 1. The number of nitrogens with one attached hydrogen (secondary N) is 1. The van der Waals surface area contributed by atoms with E-state index in [-0.39, 0.29) is 35.9 Å². The average Bonchev–Trinajstić information content (AvgIpc) is 3.24. The Labute approximate surface area is 184 Å². The average molecular weight is 504 g/mol. The van der Waals surface area contributed by atoms with Gasteiger partial charge >= 0.3 is 0 Å². The van der Waals surface area contributed by atoms with E-state index in [1.807, 2.05) is 23.4 Å². The van der Waals surface area contributed by atoms with Crippen molar-refractivity contribution in [1.82, 2.24) is 34.8 Å². The maximum Gasteiger partial charge on any atom is 0.240 e. The molecule has 0 bridgehead atoms. The smallest absolute Gasteiger partial charge is 0.240 e. The van der Waals surface area contributed by atoms with Gasteiger partial charge in [0.25, 0.3) is 0 Å². The molecule has 1 N–H and O–H groups in total. The van der Waals surface area contributed by atoms with Gasteiger partial charge in [0.05, 0.1) is 6.04 Å². The molecule has 158 valence electrons. The second-order valence-corrected chi connectivity index (χ2v) is 7.34. The molecular formula is C18H33IN8O. The van der Waals surface area contributed by atoms with Crippen LogP contribution >= 0.6 is 24.0 Å². The number of aryl methyl sites for hydroxylation is 1. The number of likely N-dealkylation sites (tertiary alicyclic amines) is 1. The number of rotatable bonds is 4. The fraction of sp³-hybridized carbons (Fsp3) is 0.778. The van der Waals surface area contributed by atoms with Crippen LogP contribution in [0.15, 0.2) is 4.99 Å². The van der Waals surface area contributed by atoms with Crippen LogP contribution < -0.4 is 5.32 Å². The molecule has 1 aromatic rings. The van der Waals surface area contributed by atoms with Crippen molar-refractivity contribution in [3.05, 3.63) is 11.6 Å². The number of aromatic nitrogens is 3. The third kappa shape index (κ3) is 5.13. The lowest BCUT2D eigenvalue weighted by molar-refractivity contribution is -0.136. The topological polar surface area (TPSA) is 81.9 Å². The highest BCUT2D eigenvalue weighted by Gasteiger charge is 2.33. The van der Waals surface area contributed by atoms with Crippen LogP contribution in [-0.4, -0.2) is 93.7 Å². The number of hydrogen-bond donors (Lipinski definition) is 1. The lowest BCUT2D eigenvalue weighted by Crippen LogP contribution is -2.56. The molecule has 9 nitrogen and oxygen atoms in total. The molecule has 2 saturated heterocycles. The third-order valence-electron chi connectivity index (χ3n) is 5.58. The van der Waals surface area contributed by atoms with Crippen LogP contribution in [0.5, 0.6) is 0 Å². The van der Waals surface area contributed by atoms with Crippen molar-refractivity contribution < 1.29 is 4.79 Å². The molecule has 0 aromatic carbocycles. The van der Waals surface area contributed by atoms with Crippen molar-refractivity contribution in [3.63, 3.8) is 0 Å². The molecule has 0 spiro atoms. The van der Waals surface area contributed by atoms with Crippen LogP contribution in [0.4, 0.5) is 0 Å². The first-order valence-electron chi connectivity index (χ1n) is 9.88. The minimum atomic E-state index is 0. The summed E-state index contributed by atoms with van der Waals surface area (Å²) in [6, 6.07) is 0.0672. The minimum absolute atomic E-state index is 0. The van der Waals surface area contributed by atoms with E-state index in [2.05, 4.69) is 39.3 Å². The highest BCUT2D eigenvalue weighted by molar-refractivity contribution is 14.0. The number of hydrogen-bond acceptors (Lipinski definition) is 5. The van der Waals surface area contributed by atoms with Crippen molar-refractivity contribution >= 4 is 35.8 Å². The van der Waals surface area contributed by atoms with Crippen LogP contribution in [-0.2, 0) is 18.4 Å². The summed E-state index contributed by atoms with van der Waals surface area (Å²) in [5.41, 5.74) is 0. The van der Waals surface area contributed by atoms with Gasteiger partial charge in [0, 0.05) is 39.8 Å². The number of aliphatic imine (C=N–C) groups is 1. The first kappa shape index (κ1) is 22.9. The molecule has 0 saturated carbocycles. The van der Waals surface area contributed by atoms with E-state index in [1.165, 1.54) is 0 Å². The monoisotopic (exact) mass is 504 g/mol. The van der Waals surface area contributed by atoms with E-state index < -0.39 is 0 Å². The van der Waals surface area contributed by atoms with E-state index in [1.54, 1.807) is 0 Å². The Morgan fingerprint density at radius 2 is 1.82 bits per heavy atom. The van der Waals surface area contributed by atoms with Crippen LogP contribution in [0.1, 0.15) is 31.4 Å². The number of piperazine rings is 1. The van der Waals surface area contributed by atoms with Gasteiger partial charge in [0.2, 0.25) is 5.91 Å². The number of likely N-dealkylation sites (N-methyl/N-ethyl adjacent to an activating group) is 1. The lowest BCUT2D eigenvalue weighted by atomic mass is 10.2. The zero-order valence-electron chi connectivity index (χ0n) is 17.4. The quantitative estimate of drug-likeness (QED) is 0.365. The van der Waals surface area contributed by atoms with E-state index in [4.69, 9.17) is 4.99 Å². The van der Waals surface area contributed by atoms with Crippen LogP contribution in [0.25, 0.3) is 0 Å². The summed E-state index contributed by atoms with van der Waals surface area (Å²) < 4.78 is 1.96. The van der Waals surface area contributed by atoms with E-state index in [9.17, 15) is 4.79 Å². The van der Waals surface area contributed by atoms with Gasteiger partial charge in [-0.05, 0) is 40.3 Å². The molecule has 3 heterocycles. The zero-order valence-corrected chi connectivity index (χ0v) is 19.7. The summed E-state index contributed by atoms with van der Waals surface area (Å²) in [7, 11) is 4.01. The highest BCUT2D eigenvalue weighted by Crippen LogP contribution is 2.18. The first-order chi connectivity index (χ1) is 13.0. The summed E-state index contributed by atoms with van der Waals surface area (Å²) >= 11 is 0. The predicted molar refractivity (Wildman–Crippen MR) is 120 cm³/mol. The Morgan fingerprint density at radius 3 is 2.36 bits per heavy atom. The number of carbonyl (C=O) groups is 1. The number of guanidine groups is 1. The lowest BCUT2D eigenvalue weighted by Gasteiger charge is -2.38. The molecule has 1 atom stereocenters. The van der Waals surface area contributed by atoms with Crippen molar-refractivity contribution in [2.45, 2.75) is 39.3 Å². The standard InChI is InChI=1S/C18H32N8O.HI/c1-5-19-18(20-13-16-22-21-14(2)24(16)4)26-11-9-25(10-12-26)17(27)15-7-6-8-23(15)3;/h15H,5-13H2,1-4H3,(H,19,20);1H. The number of amides is 1. The van der Waals surface area contributed by atoms with Crippen molar-refractivity contribution in [2.24, 2.45) is 12.0 Å². The molecule has 3 rings (SSSR count). The molecule has 2 aliphatic rings. The molecule has 2 fully saturated rings. The van der Waals surface area contributed by atoms with Gasteiger partial charge < -0.3 is 19.7 Å². The molecule has 1 unspecified atom stereocenters. The second kappa shape index (κ2) is 10.4. The summed E-state index contributed by atoms with van der Waals surface area (Å²) in [6.45, 7) is 9.41. The van der Waals surface area contributed by atoms with Crippen molar-refractivity contribution in [1.29, 1.82) is 0 Å². The highest BCUT2D eigenvalue weighted by atomic mass is 127. The molecule has 0 radical (unpaired) electrons. The van der Waals surface area contributed by atoms with Gasteiger partial charge in [0.15, 0.2) is 11.8 Å². The normalized spacial score (nSPS) is 21.0. The predicted octanol–water partition coefficient (Wildman–Crippen LogP) is 0.445. The van der Waals surface area contributed by atoms with Gasteiger partial charge in [0.1, 0.15) is 12.4 Å². The van der Waals surface area contributed by atoms with Crippen molar-refractivity contribution in [2.75, 3.05) is 46.3 Å². The zero-order chi connectivity index (χ0) is 19.4. The van der Waals surface area contributed by atoms with Crippen LogP contribution in [0, 0.1) is 6.92 Å². The third-order valence-corrected chi connectivity index (χ3v) is 5.58. The minimum Gasteiger partial charge on any atom is -0.357 e. The van der Waals surface area contributed by atoms with Crippen molar-refractivity contribution in [3.8, 4) is 0 Å². The Kier molecular flexibility index (Phi) is 8.47. The van der Waals surface area contributed by atoms with Crippen LogP contribution in [0.3, 0.4) is 0 Å². The molecule has 2 aliphatic heterocycles. The fourth-order valence-corrected chi connectivity index (χ4v) is 3.73. The summed E-state index contributed by atoms with van der Waals surface area (Å²) in [5, 5.41) is 11.6. The molecule has 1 aromatic heterocycles. The van der Waals surface area contributed by atoms with Gasteiger partial charge in [-0.3, -0.25) is 9.69 Å². The molecular weight excluding hydrogens is 471 g/mol. The molecule has 10 heteroatoms. The Morgan fingerprint density at radius 1 is 1.14 bits per heavy atom. The van der Waals surface area contributed by atoms with Gasteiger partial charge in [-0.25, -0.2) is 4.99 Å². The SMILES string of the molecule is CCNC(=NCc1nnc(C)n1C)N1CCN(C(=O)C2CCCN2C)CC1.I. The first-order valence-corrected chi connectivity index (χ1v) is 9.88. The fourth-order valence-electron chi connectivity index (χ4n) is 3.73. The maximum atomic E-state index is 12.8. The van der Waals surface area contributed by atoms with E-state index >= 15 is 0 Å². The van der Waals surface area contributed by atoms with Gasteiger partial charge in [-0.15, -0.1) is 34.2 Å². The summed E-state index contributed by atoms with van der Waals surface area (Å²) in [5.74, 6) is 2.89. The summed E-state index contributed by atoms with van der Waals surface area (Å²) in [4.78, 5) is 23.9. The largest absolute Gasteiger partial charge is 0.357 e. The van der Waals surface area contributed by atoms with Crippen LogP contribution in [0.2, 0.25) is 0 Å².